The van der Waals surface area contributed by atoms with E-state index in [1.807, 2.05) is 18.2 Å². The number of hydrogen-bond donors (Lipinski definition) is 1. The van der Waals surface area contributed by atoms with Crippen LogP contribution in [0.4, 0.5) is 0 Å². The number of nitrogens with one attached hydrogen (secondary N) is 1. The highest BCUT2D eigenvalue weighted by Gasteiger charge is 2.30. The molecule has 90 valence electrons. The van der Waals surface area contributed by atoms with Crippen LogP contribution in [0.5, 0.6) is 0 Å². The molecule has 0 aliphatic carbocycles. The maximum atomic E-state index is 5.93. The molecule has 16 heavy (non-hydrogen) atoms. The normalized spacial score (nSPS) is 22.8. The van der Waals surface area contributed by atoms with E-state index in [0.717, 1.165) is 18.1 Å². The first kappa shape index (κ1) is 13.8. The Balaban J connectivity index is 0.00000128. The van der Waals surface area contributed by atoms with Crippen molar-refractivity contribution in [3.05, 3.63) is 34.9 Å². The molecule has 2 rings (SSSR count). The molecule has 0 saturated carbocycles. The molecule has 4 heteroatoms. The molecule has 1 saturated heterocycles. The summed E-state index contributed by atoms with van der Waals surface area (Å²) < 4.78 is 5.66. The molecule has 1 N–H and O–H groups in total. The van der Waals surface area contributed by atoms with Gasteiger partial charge in [0, 0.05) is 17.0 Å². The van der Waals surface area contributed by atoms with Gasteiger partial charge >= 0.3 is 0 Å². The van der Waals surface area contributed by atoms with Crippen molar-refractivity contribution in [3.8, 4) is 0 Å². The molecule has 0 amide bonds. The molecule has 2 nitrogen and oxygen atoms in total. The highest BCUT2D eigenvalue weighted by Crippen LogP contribution is 2.18. The molecule has 1 aromatic rings. The number of ether oxygens (including phenoxy) is 1. The van der Waals surface area contributed by atoms with Crippen LogP contribution in [0.2, 0.25) is 5.02 Å². The zero-order chi connectivity index (χ0) is 10.9. The Morgan fingerprint density at radius 2 is 2.25 bits per heavy atom. The molecular weight excluding hydrogens is 245 g/mol. The van der Waals surface area contributed by atoms with Gasteiger partial charge in [0.05, 0.1) is 6.61 Å². The van der Waals surface area contributed by atoms with Gasteiger partial charge in [0.25, 0.3) is 0 Å². The van der Waals surface area contributed by atoms with Crippen LogP contribution in [0.25, 0.3) is 0 Å². The highest BCUT2D eigenvalue weighted by molar-refractivity contribution is 6.30. The average Bonchev–Trinajstić information content (AvgIpc) is 2.45. The molecule has 0 bridgehead atoms. The minimum absolute atomic E-state index is 0. The van der Waals surface area contributed by atoms with Gasteiger partial charge in [-0.2, -0.15) is 0 Å². The van der Waals surface area contributed by atoms with Crippen LogP contribution >= 0.6 is 24.0 Å². The van der Waals surface area contributed by atoms with Crippen LogP contribution in [0.3, 0.4) is 0 Å². The maximum absolute atomic E-state index is 5.93. The van der Waals surface area contributed by atoms with E-state index in [1.165, 1.54) is 5.56 Å². The van der Waals surface area contributed by atoms with Crippen LogP contribution in [-0.4, -0.2) is 18.4 Å². The van der Waals surface area contributed by atoms with Crippen LogP contribution in [0.1, 0.15) is 19.4 Å². The molecule has 0 aromatic heterocycles. The summed E-state index contributed by atoms with van der Waals surface area (Å²) in [5.74, 6) is 0. The van der Waals surface area contributed by atoms with Crippen molar-refractivity contribution >= 4 is 24.0 Å². The first-order valence-corrected chi connectivity index (χ1v) is 5.57. The van der Waals surface area contributed by atoms with Gasteiger partial charge in [-0.3, -0.25) is 5.32 Å². The second-order valence-electron chi connectivity index (χ2n) is 4.66. The Labute approximate surface area is 108 Å². The van der Waals surface area contributed by atoms with E-state index in [2.05, 4.69) is 25.2 Å². The maximum Gasteiger partial charge on any atom is 0.112 e. The van der Waals surface area contributed by atoms with Gasteiger partial charge in [-0.05, 0) is 31.5 Å². The Kier molecular flexibility index (Phi) is 4.62. The van der Waals surface area contributed by atoms with E-state index in [4.69, 9.17) is 16.3 Å². The number of hydrogen-bond acceptors (Lipinski definition) is 2. The van der Waals surface area contributed by atoms with Crippen molar-refractivity contribution in [2.24, 2.45) is 0 Å². The van der Waals surface area contributed by atoms with Crippen molar-refractivity contribution in [1.82, 2.24) is 5.32 Å². The van der Waals surface area contributed by atoms with Crippen LogP contribution in [0.15, 0.2) is 24.3 Å². The fraction of sp³-hybridized carbons (Fsp3) is 0.500. The fourth-order valence-electron chi connectivity index (χ4n) is 1.82. The lowest BCUT2D eigenvalue weighted by molar-refractivity contribution is 0.0987. The molecule has 0 spiro atoms. The van der Waals surface area contributed by atoms with E-state index in [-0.39, 0.29) is 24.2 Å². The zero-order valence-electron chi connectivity index (χ0n) is 9.50. The van der Waals surface area contributed by atoms with E-state index in [1.54, 1.807) is 0 Å². The Bertz CT molecular complexity index is 355. The molecule has 1 aliphatic heterocycles. The Morgan fingerprint density at radius 1 is 1.50 bits per heavy atom. The fourth-order valence-corrected chi connectivity index (χ4v) is 2.03. The molecule has 1 atom stereocenters. The van der Waals surface area contributed by atoms with Crippen LogP contribution < -0.4 is 5.32 Å². The molecule has 1 heterocycles. The predicted molar refractivity (Wildman–Crippen MR) is 69.4 cm³/mol. The SMILES string of the molecule is CC1(C)COC(Cc2cccc(Cl)c2)N1.Cl. The second-order valence-corrected chi connectivity index (χ2v) is 5.10. The molecule has 1 aromatic carbocycles. The van der Waals surface area contributed by atoms with E-state index in [9.17, 15) is 0 Å². The van der Waals surface area contributed by atoms with Gasteiger partial charge in [0.2, 0.25) is 0 Å². The number of benzene rings is 1. The Morgan fingerprint density at radius 3 is 2.81 bits per heavy atom. The summed E-state index contributed by atoms with van der Waals surface area (Å²) >= 11 is 5.93. The summed E-state index contributed by atoms with van der Waals surface area (Å²) in [6, 6.07) is 7.91. The molecule has 1 unspecified atom stereocenters. The summed E-state index contributed by atoms with van der Waals surface area (Å²) in [5, 5.41) is 4.22. The van der Waals surface area contributed by atoms with Crippen molar-refractivity contribution in [1.29, 1.82) is 0 Å². The quantitative estimate of drug-likeness (QED) is 0.884. The van der Waals surface area contributed by atoms with E-state index >= 15 is 0 Å². The molecule has 1 fully saturated rings. The first-order chi connectivity index (χ1) is 7.05. The standard InChI is InChI=1S/C12H16ClNO.ClH/c1-12(2)8-15-11(14-12)7-9-4-3-5-10(13)6-9;/h3-6,11,14H,7-8H2,1-2H3;1H. The van der Waals surface area contributed by atoms with Crippen molar-refractivity contribution < 1.29 is 4.74 Å². The number of halogens is 2. The number of rotatable bonds is 2. The Hall–Kier alpha value is -0.280. The summed E-state index contributed by atoms with van der Waals surface area (Å²) in [6.45, 7) is 5.05. The highest BCUT2D eigenvalue weighted by atomic mass is 35.5. The third-order valence-corrected chi connectivity index (χ3v) is 2.74. The van der Waals surface area contributed by atoms with E-state index in [0.29, 0.717) is 0 Å². The first-order valence-electron chi connectivity index (χ1n) is 5.19. The van der Waals surface area contributed by atoms with Gasteiger partial charge in [0.1, 0.15) is 6.23 Å². The third-order valence-electron chi connectivity index (χ3n) is 2.51. The summed E-state index contributed by atoms with van der Waals surface area (Å²) in [6.07, 6.45) is 0.975. The zero-order valence-corrected chi connectivity index (χ0v) is 11.1. The summed E-state index contributed by atoms with van der Waals surface area (Å²) in [5.41, 5.74) is 1.29. The monoisotopic (exact) mass is 261 g/mol. The largest absolute Gasteiger partial charge is 0.361 e. The minimum atomic E-state index is 0. The lowest BCUT2D eigenvalue weighted by Gasteiger charge is -2.17. The van der Waals surface area contributed by atoms with Gasteiger partial charge in [-0.15, -0.1) is 12.4 Å². The van der Waals surface area contributed by atoms with Crippen LogP contribution in [0, 0.1) is 0 Å². The van der Waals surface area contributed by atoms with Crippen LogP contribution in [-0.2, 0) is 11.2 Å². The van der Waals surface area contributed by atoms with E-state index < -0.39 is 0 Å². The van der Waals surface area contributed by atoms with Crippen molar-refractivity contribution in [3.63, 3.8) is 0 Å². The molecular formula is C12H17Cl2NO. The van der Waals surface area contributed by atoms with Gasteiger partial charge in [-0.1, -0.05) is 23.7 Å². The summed E-state index contributed by atoms with van der Waals surface area (Å²) in [4.78, 5) is 0. The summed E-state index contributed by atoms with van der Waals surface area (Å²) in [7, 11) is 0. The molecule has 0 radical (unpaired) electrons. The third kappa shape index (κ3) is 3.63. The van der Waals surface area contributed by atoms with Gasteiger partial charge in [0.15, 0.2) is 0 Å². The lowest BCUT2D eigenvalue weighted by atomic mass is 10.1. The van der Waals surface area contributed by atoms with Gasteiger partial charge < -0.3 is 4.74 Å². The lowest BCUT2D eigenvalue weighted by Crippen LogP contribution is -2.39. The smallest absolute Gasteiger partial charge is 0.112 e. The molecule has 1 aliphatic rings. The van der Waals surface area contributed by atoms with Crippen molar-refractivity contribution in [2.45, 2.75) is 32.0 Å². The van der Waals surface area contributed by atoms with Crippen molar-refractivity contribution in [2.75, 3.05) is 6.61 Å². The predicted octanol–water partition coefficient (Wildman–Crippen LogP) is 3.03. The second kappa shape index (κ2) is 5.37. The van der Waals surface area contributed by atoms with Gasteiger partial charge in [-0.25, -0.2) is 0 Å². The topological polar surface area (TPSA) is 21.3 Å². The minimum Gasteiger partial charge on any atom is -0.361 e. The average molecular weight is 262 g/mol.